The predicted molar refractivity (Wildman–Crippen MR) is 108 cm³/mol. The molecule has 2 heteroatoms. The Morgan fingerprint density at radius 1 is 0.885 bits per heavy atom. The van der Waals surface area contributed by atoms with Crippen LogP contribution in [-0.2, 0) is 17.6 Å². The third-order valence-electron chi connectivity index (χ3n) is 4.75. The molecule has 0 aliphatic heterocycles. The van der Waals surface area contributed by atoms with E-state index in [0.29, 0.717) is 6.42 Å². The van der Waals surface area contributed by atoms with Crippen molar-refractivity contribution < 1.29 is 4.79 Å². The van der Waals surface area contributed by atoms with Crippen LogP contribution < -0.4 is 5.32 Å². The lowest BCUT2D eigenvalue weighted by Gasteiger charge is -2.15. The van der Waals surface area contributed by atoms with Gasteiger partial charge in [0, 0.05) is 5.69 Å². The summed E-state index contributed by atoms with van der Waals surface area (Å²) < 4.78 is 0. The van der Waals surface area contributed by atoms with Gasteiger partial charge < -0.3 is 5.32 Å². The molecule has 0 saturated carbocycles. The fourth-order valence-corrected chi connectivity index (χ4v) is 3.44. The summed E-state index contributed by atoms with van der Waals surface area (Å²) in [5.41, 5.74) is 7.00. The van der Waals surface area contributed by atoms with E-state index in [0.717, 1.165) is 24.1 Å². The van der Waals surface area contributed by atoms with E-state index >= 15 is 0 Å². The van der Waals surface area contributed by atoms with E-state index in [4.69, 9.17) is 0 Å². The third-order valence-corrected chi connectivity index (χ3v) is 4.75. The second kappa shape index (κ2) is 7.40. The highest BCUT2D eigenvalue weighted by Crippen LogP contribution is 2.31. The average molecular weight is 339 g/mol. The summed E-state index contributed by atoms with van der Waals surface area (Å²) in [6.07, 6.45) is 7.07. The SMILES string of the molecule is O=C(Cc1ccccc1)Nc1ccc(-c2cccc3c2C=CCC3)cc1. The van der Waals surface area contributed by atoms with E-state index in [1.54, 1.807) is 0 Å². The van der Waals surface area contributed by atoms with Crippen molar-refractivity contribution >= 4 is 17.7 Å². The quantitative estimate of drug-likeness (QED) is 0.668. The number of carbonyl (C=O) groups excluding carboxylic acids is 1. The molecule has 0 saturated heterocycles. The molecule has 0 bridgehead atoms. The molecule has 1 aliphatic carbocycles. The highest BCUT2D eigenvalue weighted by Gasteiger charge is 2.10. The molecule has 1 amide bonds. The van der Waals surface area contributed by atoms with Crippen molar-refractivity contribution in [1.29, 1.82) is 0 Å². The van der Waals surface area contributed by atoms with Crippen molar-refractivity contribution in [2.24, 2.45) is 0 Å². The van der Waals surface area contributed by atoms with Crippen molar-refractivity contribution in [3.05, 3.63) is 95.6 Å². The van der Waals surface area contributed by atoms with E-state index in [1.165, 1.54) is 22.3 Å². The normalized spacial score (nSPS) is 12.5. The van der Waals surface area contributed by atoms with Gasteiger partial charge in [0.05, 0.1) is 6.42 Å². The second-order valence-corrected chi connectivity index (χ2v) is 6.61. The van der Waals surface area contributed by atoms with Gasteiger partial charge >= 0.3 is 0 Å². The molecule has 0 aromatic heterocycles. The van der Waals surface area contributed by atoms with Gasteiger partial charge in [-0.25, -0.2) is 0 Å². The first kappa shape index (κ1) is 16.3. The molecule has 1 aliphatic rings. The number of aryl methyl sites for hydroxylation is 1. The van der Waals surface area contributed by atoms with Crippen LogP contribution in [0.1, 0.15) is 23.1 Å². The number of fused-ring (bicyclic) bond motifs is 1. The highest BCUT2D eigenvalue weighted by molar-refractivity contribution is 5.92. The van der Waals surface area contributed by atoms with Gasteiger partial charge in [0.2, 0.25) is 5.91 Å². The van der Waals surface area contributed by atoms with Crippen LogP contribution in [0.2, 0.25) is 0 Å². The van der Waals surface area contributed by atoms with Crippen LogP contribution in [0.4, 0.5) is 5.69 Å². The number of nitrogens with one attached hydrogen (secondary N) is 1. The molecule has 0 spiro atoms. The van der Waals surface area contributed by atoms with Crippen molar-refractivity contribution in [2.75, 3.05) is 5.32 Å². The maximum atomic E-state index is 12.2. The van der Waals surface area contributed by atoms with Crippen molar-refractivity contribution in [3.8, 4) is 11.1 Å². The minimum absolute atomic E-state index is 0.00368. The Bertz CT molecular complexity index is 940. The largest absolute Gasteiger partial charge is 0.326 e. The van der Waals surface area contributed by atoms with Crippen molar-refractivity contribution in [3.63, 3.8) is 0 Å². The minimum Gasteiger partial charge on any atom is -0.326 e. The Balaban J connectivity index is 1.49. The number of benzene rings is 3. The van der Waals surface area contributed by atoms with Gasteiger partial charge in [-0.05, 0) is 52.8 Å². The minimum atomic E-state index is 0.00368. The van der Waals surface area contributed by atoms with E-state index in [1.807, 2.05) is 42.5 Å². The Hall–Kier alpha value is -3.13. The summed E-state index contributed by atoms with van der Waals surface area (Å²) >= 11 is 0. The molecular weight excluding hydrogens is 318 g/mol. The van der Waals surface area contributed by atoms with Gasteiger partial charge in [-0.3, -0.25) is 4.79 Å². The summed E-state index contributed by atoms with van der Waals surface area (Å²) in [6, 6.07) is 24.4. The summed E-state index contributed by atoms with van der Waals surface area (Å²) in [5.74, 6) is 0.00368. The van der Waals surface area contributed by atoms with E-state index in [9.17, 15) is 4.79 Å². The van der Waals surface area contributed by atoms with Crippen LogP contribution in [0.15, 0.2) is 78.9 Å². The average Bonchev–Trinajstić information content (AvgIpc) is 2.69. The van der Waals surface area contributed by atoms with E-state index in [2.05, 4.69) is 47.8 Å². The Labute approximate surface area is 154 Å². The van der Waals surface area contributed by atoms with Gasteiger partial charge in [0.15, 0.2) is 0 Å². The van der Waals surface area contributed by atoms with Gasteiger partial charge in [0.25, 0.3) is 0 Å². The van der Waals surface area contributed by atoms with Gasteiger partial charge in [-0.2, -0.15) is 0 Å². The number of carbonyl (C=O) groups is 1. The van der Waals surface area contributed by atoms with Crippen molar-refractivity contribution in [2.45, 2.75) is 19.3 Å². The van der Waals surface area contributed by atoms with Crippen molar-refractivity contribution in [1.82, 2.24) is 0 Å². The molecule has 3 aromatic rings. The lowest BCUT2D eigenvalue weighted by Crippen LogP contribution is -2.14. The fourth-order valence-electron chi connectivity index (χ4n) is 3.44. The summed E-state index contributed by atoms with van der Waals surface area (Å²) in [5, 5.41) is 2.98. The molecule has 2 nitrogen and oxygen atoms in total. The second-order valence-electron chi connectivity index (χ2n) is 6.61. The molecule has 0 unspecified atom stereocenters. The number of rotatable bonds is 4. The number of hydrogen-bond acceptors (Lipinski definition) is 1. The molecule has 1 N–H and O–H groups in total. The van der Waals surface area contributed by atoms with E-state index in [-0.39, 0.29) is 5.91 Å². The maximum Gasteiger partial charge on any atom is 0.228 e. The lowest BCUT2D eigenvalue weighted by atomic mass is 9.90. The first-order valence-corrected chi connectivity index (χ1v) is 9.02. The van der Waals surface area contributed by atoms with E-state index < -0.39 is 0 Å². The standard InChI is InChI=1S/C24H21NO/c26-24(17-18-7-2-1-3-8-18)25-21-15-13-20(14-16-21)23-12-6-10-19-9-4-5-11-22(19)23/h1-3,5-8,10-16H,4,9,17H2,(H,25,26). The zero-order valence-corrected chi connectivity index (χ0v) is 14.6. The van der Waals surface area contributed by atoms with Gasteiger partial charge in [-0.15, -0.1) is 0 Å². The lowest BCUT2D eigenvalue weighted by molar-refractivity contribution is -0.115. The first-order chi connectivity index (χ1) is 12.8. The monoisotopic (exact) mass is 339 g/mol. The van der Waals surface area contributed by atoms with Crippen LogP contribution in [0.3, 0.4) is 0 Å². The molecule has 26 heavy (non-hydrogen) atoms. The third kappa shape index (κ3) is 3.60. The zero-order valence-electron chi connectivity index (χ0n) is 14.6. The maximum absolute atomic E-state index is 12.2. The van der Waals surface area contributed by atoms with Crippen LogP contribution in [-0.4, -0.2) is 5.91 Å². The first-order valence-electron chi connectivity index (χ1n) is 9.02. The Morgan fingerprint density at radius 2 is 1.69 bits per heavy atom. The number of amides is 1. The summed E-state index contributed by atoms with van der Waals surface area (Å²) in [7, 11) is 0. The Morgan fingerprint density at radius 3 is 2.50 bits per heavy atom. The van der Waals surface area contributed by atoms with Crippen LogP contribution >= 0.6 is 0 Å². The molecule has 4 rings (SSSR count). The molecular formula is C24H21NO. The van der Waals surface area contributed by atoms with Gasteiger partial charge in [0.1, 0.15) is 0 Å². The molecule has 0 fully saturated rings. The molecule has 0 radical (unpaired) electrons. The summed E-state index contributed by atoms with van der Waals surface area (Å²) in [4.78, 5) is 12.2. The number of hydrogen-bond donors (Lipinski definition) is 1. The smallest absolute Gasteiger partial charge is 0.228 e. The predicted octanol–water partition coefficient (Wildman–Crippen LogP) is 5.49. The molecule has 3 aromatic carbocycles. The fraction of sp³-hybridized carbons (Fsp3) is 0.125. The van der Waals surface area contributed by atoms with Gasteiger partial charge in [-0.1, -0.05) is 72.8 Å². The van der Waals surface area contributed by atoms with Crippen LogP contribution in [0.25, 0.3) is 17.2 Å². The zero-order chi connectivity index (χ0) is 17.8. The molecule has 0 heterocycles. The molecule has 128 valence electrons. The Kier molecular flexibility index (Phi) is 4.65. The number of anilines is 1. The topological polar surface area (TPSA) is 29.1 Å². The number of allylic oxidation sites excluding steroid dienone is 1. The molecule has 0 atom stereocenters. The van der Waals surface area contributed by atoms with Crippen LogP contribution in [0.5, 0.6) is 0 Å². The van der Waals surface area contributed by atoms with Crippen LogP contribution in [0, 0.1) is 0 Å². The summed E-state index contributed by atoms with van der Waals surface area (Å²) in [6.45, 7) is 0. The highest BCUT2D eigenvalue weighted by atomic mass is 16.1.